The lowest BCUT2D eigenvalue weighted by Gasteiger charge is -2.49. The largest absolute Gasteiger partial charge is 0.491 e. The number of carbonyl (C=O) groups excluding carboxylic acids is 1. The summed E-state index contributed by atoms with van der Waals surface area (Å²) in [4.78, 5) is 14.6. The minimum absolute atomic E-state index is 0.0344. The number of hydrogen-bond acceptors (Lipinski definition) is 3. The van der Waals surface area contributed by atoms with E-state index in [1.807, 2.05) is 47.4 Å². The number of rotatable bonds is 6. The molecule has 5 nitrogen and oxygen atoms in total. The van der Waals surface area contributed by atoms with Crippen LogP contribution in [0.4, 0.5) is 4.79 Å². The average Bonchev–Trinajstić information content (AvgIpc) is 2.77. The van der Waals surface area contributed by atoms with Crippen LogP contribution in [-0.4, -0.2) is 48.4 Å². The van der Waals surface area contributed by atoms with E-state index < -0.39 is 0 Å². The fourth-order valence-corrected chi connectivity index (χ4v) is 4.63. The van der Waals surface area contributed by atoms with Gasteiger partial charge >= 0.3 is 6.03 Å². The molecule has 2 saturated heterocycles. The van der Waals surface area contributed by atoms with E-state index in [2.05, 4.69) is 17.4 Å². The number of urea groups is 1. The van der Waals surface area contributed by atoms with Gasteiger partial charge in [-0.05, 0) is 36.8 Å². The molecule has 2 heterocycles. The van der Waals surface area contributed by atoms with E-state index in [0.717, 1.165) is 36.3 Å². The van der Waals surface area contributed by atoms with Crippen molar-refractivity contribution in [2.24, 2.45) is 11.8 Å². The highest BCUT2D eigenvalue weighted by atomic mass is 16.5. The van der Waals surface area contributed by atoms with Gasteiger partial charge in [-0.25, -0.2) is 4.79 Å². The zero-order chi connectivity index (χ0) is 19.3. The van der Waals surface area contributed by atoms with Crippen LogP contribution in [0.3, 0.4) is 0 Å². The first-order chi connectivity index (χ1) is 13.8. The molecule has 2 aromatic carbocycles. The molecule has 3 atom stereocenters. The predicted octanol–water partition coefficient (Wildman–Crippen LogP) is 3.53. The highest BCUT2D eigenvalue weighted by Gasteiger charge is 2.42. The van der Waals surface area contributed by atoms with Crippen molar-refractivity contribution in [1.29, 1.82) is 0 Å². The Kier molecular flexibility index (Phi) is 5.81. The zero-order valence-corrected chi connectivity index (χ0v) is 16.1. The van der Waals surface area contributed by atoms with Crippen molar-refractivity contribution in [2.45, 2.75) is 25.3 Å². The van der Waals surface area contributed by atoms with Crippen LogP contribution < -0.4 is 10.1 Å². The zero-order valence-electron chi connectivity index (χ0n) is 16.1. The number of piperidine rings is 2. The van der Waals surface area contributed by atoms with Gasteiger partial charge in [-0.15, -0.1) is 0 Å². The molecule has 0 spiro atoms. The smallest absolute Gasteiger partial charge is 0.317 e. The third-order valence-corrected chi connectivity index (χ3v) is 6.01. The van der Waals surface area contributed by atoms with Gasteiger partial charge in [0.1, 0.15) is 12.4 Å². The van der Waals surface area contributed by atoms with E-state index in [1.165, 1.54) is 6.42 Å². The Bertz CT molecular complexity index is 795. The van der Waals surface area contributed by atoms with Gasteiger partial charge in [-0.2, -0.15) is 0 Å². The minimum Gasteiger partial charge on any atom is -0.491 e. The highest BCUT2D eigenvalue weighted by molar-refractivity contribution is 5.75. The van der Waals surface area contributed by atoms with E-state index in [-0.39, 0.29) is 24.6 Å². The first-order valence-electron chi connectivity index (χ1n) is 10.2. The lowest BCUT2D eigenvalue weighted by molar-refractivity contribution is 0.00384. The van der Waals surface area contributed by atoms with Crippen molar-refractivity contribution in [3.05, 3.63) is 54.6 Å². The summed E-state index contributed by atoms with van der Waals surface area (Å²) < 4.78 is 5.96. The topological polar surface area (TPSA) is 61.8 Å². The first kappa shape index (κ1) is 18.8. The second-order valence-corrected chi connectivity index (χ2v) is 7.78. The maximum absolute atomic E-state index is 12.6. The summed E-state index contributed by atoms with van der Waals surface area (Å²) in [6, 6.07) is 18.2. The minimum atomic E-state index is -0.0344. The molecule has 1 saturated carbocycles. The number of aliphatic hydroxyl groups is 1. The van der Waals surface area contributed by atoms with Crippen LogP contribution in [-0.2, 0) is 0 Å². The van der Waals surface area contributed by atoms with Gasteiger partial charge in [0.25, 0.3) is 0 Å². The molecule has 3 aliphatic rings. The van der Waals surface area contributed by atoms with E-state index in [9.17, 15) is 9.90 Å². The van der Waals surface area contributed by atoms with Crippen LogP contribution in [0, 0.1) is 11.8 Å². The third-order valence-electron chi connectivity index (χ3n) is 6.01. The number of aliphatic hydroxyl groups excluding tert-OH is 1. The Balaban J connectivity index is 1.30. The van der Waals surface area contributed by atoms with Crippen LogP contribution >= 0.6 is 0 Å². The van der Waals surface area contributed by atoms with Crippen LogP contribution in [0.1, 0.15) is 19.3 Å². The number of para-hydroxylation sites is 1. The lowest BCUT2D eigenvalue weighted by atomic mass is 9.73. The van der Waals surface area contributed by atoms with E-state index in [4.69, 9.17) is 4.74 Å². The summed E-state index contributed by atoms with van der Waals surface area (Å²) in [6.45, 7) is 1.86. The maximum atomic E-state index is 12.6. The first-order valence-corrected chi connectivity index (χ1v) is 10.2. The number of fused-ring (bicyclic) bond motifs is 3. The Morgan fingerprint density at radius 1 is 1.11 bits per heavy atom. The fourth-order valence-electron chi connectivity index (χ4n) is 4.63. The van der Waals surface area contributed by atoms with Crippen molar-refractivity contribution in [3.8, 4) is 16.9 Å². The average molecular weight is 380 g/mol. The molecule has 5 rings (SSSR count). The number of nitrogens with one attached hydrogen (secondary N) is 1. The van der Waals surface area contributed by atoms with Gasteiger partial charge in [0.05, 0.1) is 6.54 Å². The molecule has 2 aromatic rings. The van der Waals surface area contributed by atoms with Crippen LogP contribution in [0.5, 0.6) is 5.75 Å². The van der Waals surface area contributed by atoms with Gasteiger partial charge in [0, 0.05) is 30.7 Å². The monoisotopic (exact) mass is 380 g/mol. The standard InChI is InChI=1S/C23H28N2O3/c26-16-19-14-17-10-11-21(19)25(15-17)23(27)24-12-13-28-22-9-5-4-8-20(22)18-6-2-1-3-7-18/h1-9,17,19,21,26H,10-16H2,(H,24,27). The van der Waals surface area contributed by atoms with E-state index in [1.54, 1.807) is 0 Å². The summed E-state index contributed by atoms with van der Waals surface area (Å²) >= 11 is 0. The number of hydrogen-bond donors (Lipinski definition) is 2. The summed E-state index contributed by atoms with van der Waals surface area (Å²) in [5.74, 6) is 1.58. The van der Waals surface area contributed by atoms with Gasteiger partial charge in [-0.1, -0.05) is 48.5 Å². The summed E-state index contributed by atoms with van der Waals surface area (Å²) in [5, 5.41) is 12.6. The number of benzene rings is 2. The number of ether oxygens (including phenoxy) is 1. The molecule has 5 heteroatoms. The van der Waals surface area contributed by atoms with E-state index in [0.29, 0.717) is 19.1 Å². The quantitative estimate of drug-likeness (QED) is 0.754. The number of amides is 2. The van der Waals surface area contributed by atoms with Crippen molar-refractivity contribution in [3.63, 3.8) is 0 Å². The molecule has 28 heavy (non-hydrogen) atoms. The Morgan fingerprint density at radius 3 is 2.68 bits per heavy atom. The number of carbonyl (C=O) groups is 1. The molecule has 148 valence electrons. The Hall–Kier alpha value is -2.53. The SMILES string of the molecule is O=C(NCCOc1ccccc1-c1ccccc1)N1CC2CCC1C(CO)C2. The normalized spacial score (nSPS) is 23.5. The van der Waals surface area contributed by atoms with Gasteiger partial charge in [0.15, 0.2) is 0 Å². The Labute approximate surface area is 166 Å². The molecule has 2 N–H and O–H groups in total. The number of nitrogens with zero attached hydrogens (tertiary/aromatic N) is 1. The third kappa shape index (κ3) is 3.99. The Morgan fingerprint density at radius 2 is 1.89 bits per heavy atom. The second kappa shape index (κ2) is 8.65. The highest BCUT2D eigenvalue weighted by Crippen LogP contribution is 2.38. The van der Waals surface area contributed by atoms with Gasteiger partial charge in [-0.3, -0.25) is 0 Å². The molecule has 2 bridgehead atoms. The molecule has 1 aliphatic carbocycles. The molecule has 0 aromatic heterocycles. The molecule has 2 aliphatic heterocycles. The summed E-state index contributed by atoms with van der Waals surface area (Å²) in [5.41, 5.74) is 2.16. The second-order valence-electron chi connectivity index (χ2n) is 7.78. The summed E-state index contributed by atoms with van der Waals surface area (Å²) in [6.07, 6.45) is 3.22. The predicted molar refractivity (Wildman–Crippen MR) is 109 cm³/mol. The molecule has 3 fully saturated rings. The molecular formula is C23H28N2O3. The fraction of sp³-hybridized carbons (Fsp3) is 0.435. The van der Waals surface area contributed by atoms with Crippen LogP contribution in [0.2, 0.25) is 0 Å². The van der Waals surface area contributed by atoms with Gasteiger partial charge in [0.2, 0.25) is 0 Å². The van der Waals surface area contributed by atoms with E-state index >= 15 is 0 Å². The van der Waals surface area contributed by atoms with Crippen molar-refractivity contribution in [2.75, 3.05) is 26.3 Å². The van der Waals surface area contributed by atoms with Crippen LogP contribution in [0.25, 0.3) is 11.1 Å². The van der Waals surface area contributed by atoms with Crippen LogP contribution in [0.15, 0.2) is 54.6 Å². The van der Waals surface area contributed by atoms with Gasteiger partial charge < -0.3 is 20.1 Å². The molecule has 0 radical (unpaired) electrons. The maximum Gasteiger partial charge on any atom is 0.317 e. The van der Waals surface area contributed by atoms with Crippen molar-refractivity contribution in [1.82, 2.24) is 10.2 Å². The summed E-state index contributed by atoms with van der Waals surface area (Å²) in [7, 11) is 0. The molecular weight excluding hydrogens is 352 g/mol. The lowest BCUT2D eigenvalue weighted by Crippen LogP contribution is -2.58. The van der Waals surface area contributed by atoms with Crippen molar-refractivity contribution >= 4 is 6.03 Å². The molecule has 2 amide bonds. The molecule has 3 unspecified atom stereocenters. The van der Waals surface area contributed by atoms with Crippen molar-refractivity contribution < 1.29 is 14.6 Å².